The van der Waals surface area contributed by atoms with E-state index in [0.29, 0.717) is 0 Å². The maximum Gasteiger partial charge on any atom is 0.305 e. The molecule has 1 aliphatic heterocycles. The molecular weight excluding hydrogens is 244 g/mol. The second-order valence-corrected chi connectivity index (χ2v) is 3.97. The molecule has 0 radical (unpaired) electrons. The number of carbonyl (C=O) groups is 3. The van der Waals surface area contributed by atoms with Gasteiger partial charge >= 0.3 is 17.9 Å². The first-order chi connectivity index (χ1) is 8.31. The Balaban J connectivity index is 2.83. The monoisotopic (exact) mass is 260 g/mol. The van der Waals surface area contributed by atoms with Crippen LogP contribution >= 0.6 is 0 Å². The summed E-state index contributed by atoms with van der Waals surface area (Å²) in [7, 11) is 0. The van der Waals surface area contributed by atoms with Gasteiger partial charge in [0.2, 0.25) is 12.4 Å². The van der Waals surface area contributed by atoms with Crippen LogP contribution in [0.5, 0.6) is 0 Å². The summed E-state index contributed by atoms with van der Waals surface area (Å²) < 4.78 is 20.2. The Morgan fingerprint density at radius 1 is 0.833 bits per heavy atom. The van der Waals surface area contributed by atoms with Crippen LogP contribution in [0.1, 0.15) is 27.7 Å². The van der Waals surface area contributed by atoms with Gasteiger partial charge in [0.15, 0.2) is 6.10 Å². The largest absolute Gasteiger partial charge is 0.456 e. The lowest BCUT2D eigenvalue weighted by atomic mass is 10.1. The molecule has 0 saturated carbocycles. The predicted molar refractivity (Wildman–Crippen MR) is 57.2 cm³/mol. The molecule has 0 aromatic heterocycles. The van der Waals surface area contributed by atoms with E-state index in [9.17, 15) is 14.4 Å². The van der Waals surface area contributed by atoms with Gasteiger partial charge in [-0.1, -0.05) is 0 Å². The molecule has 4 atom stereocenters. The smallest absolute Gasteiger partial charge is 0.305 e. The van der Waals surface area contributed by atoms with Crippen LogP contribution < -0.4 is 0 Å². The number of hydrogen-bond acceptors (Lipinski definition) is 7. The molecule has 7 nitrogen and oxygen atoms in total. The number of carbonyl (C=O) groups excluding carboxylic acids is 3. The first-order valence-corrected chi connectivity index (χ1v) is 5.48. The summed E-state index contributed by atoms with van der Waals surface area (Å²) in [5.74, 6) is -1.68. The maximum atomic E-state index is 11.0. The van der Waals surface area contributed by atoms with Gasteiger partial charge in [-0.15, -0.1) is 0 Å². The molecule has 1 fully saturated rings. The highest BCUT2D eigenvalue weighted by Crippen LogP contribution is 2.27. The van der Waals surface area contributed by atoms with Gasteiger partial charge in [-0.3, -0.25) is 14.4 Å². The zero-order valence-electron chi connectivity index (χ0n) is 10.7. The van der Waals surface area contributed by atoms with Gasteiger partial charge in [0.05, 0.1) is 6.10 Å². The van der Waals surface area contributed by atoms with Gasteiger partial charge in [0, 0.05) is 20.8 Å². The third kappa shape index (κ3) is 3.69. The Labute approximate surface area is 104 Å². The highest BCUT2D eigenvalue weighted by Gasteiger charge is 2.49. The van der Waals surface area contributed by atoms with Crippen LogP contribution in [0.2, 0.25) is 0 Å². The van der Waals surface area contributed by atoms with Crippen LogP contribution in [0, 0.1) is 0 Å². The van der Waals surface area contributed by atoms with Crippen molar-refractivity contribution in [3.63, 3.8) is 0 Å². The normalized spacial score (nSPS) is 30.7. The minimum atomic E-state index is -1.06. The lowest BCUT2D eigenvalue weighted by Crippen LogP contribution is -2.40. The van der Waals surface area contributed by atoms with Gasteiger partial charge in [0.1, 0.15) is 0 Å². The Kier molecular flexibility index (Phi) is 4.66. The topological polar surface area (TPSA) is 88.1 Å². The summed E-state index contributed by atoms with van der Waals surface area (Å²) >= 11 is 0. The molecule has 0 aromatic rings. The van der Waals surface area contributed by atoms with E-state index in [-0.39, 0.29) is 0 Å². The Morgan fingerprint density at radius 2 is 1.28 bits per heavy atom. The molecule has 1 rings (SSSR count). The van der Waals surface area contributed by atoms with E-state index >= 15 is 0 Å². The van der Waals surface area contributed by atoms with Crippen molar-refractivity contribution in [1.82, 2.24) is 0 Å². The van der Waals surface area contributed by atoms with E-state index < -0.39 is 42.5 Å². The van der Waals surface area contributed by atoms with Crippen LogP contribution in [-0.2, 0) is 33.3 Å². The van der Waals surface area contributed by atoms with Crippen LogP contribution in [-0.4, -0.2) is 42.5 Å². The summed E-state index contributed by atoms with van der Waals surface area (Å²) in [6.07, 6.45) is -3.35. The van der Waals surface area contributed by atoms with E-state index in [1.165, 1.54) is 20.8 Å². The Bertz CT molecular complexity index is 351. The summed E-state index contributed by atoms with van der Waals surface area (Å²) in [6.45, 7) is 5.28. The summed E-state index contributed by atoms with van der Waals surface area (Å²) in [5.41, 5.74) is 0. The fraction of sp³-hybridized carbons (Fsp3) is 0.727. The van der Waals surface area contributed by atoms with Gasteiger partial charge < -0.3 is 18.9 Å². The lowest BCUT2D eigenvalue weighted by Gasteiger charge is -2.22. The predicted octanol–water partition coefficient (Wildman–Crippen LogP) is 0.158. The quantitative estimate of drug-likeness (QED) is 0.527. The van der Waals surface area contributed by atoms with Crippen LogP contribution in [0.3, 0.4) is 0 Å². The second-order valence-electron chi connectivity index (χ2n) is 3.97. The van der Waals surface area contributed by atoms with Crippen molar-refractivity contribution in [2.75, 3.05) is 0 Å². The molecule has 1 saturated heterocycles. The van der Waals surface area contributed by atoms with Crippen LogP contribution in [0.25, 0.3) is 0 Å². The summed E-state index contributed by atoms with van der Waals surface area (Å²) in [6, 6.07) is 0. The summed E-state index contributed by atoms with van der Waals surface area (Å²) in [4.78, 5) is 32.9. The average Bonchev–Trinajstić information content (AvgIpc) is 2.43. The minimum Gasteiger partial charge on any atom is -0.456 e. The van der Waals surface area contributed by atoms with Crippen LogP contribution in [0.4, 0.5) is 0 Å². The molecule has 18 heavy (non-hydrogen) atoms. The second kappa shape index (κ2) is 5.81. The van der Waals surface area contributed by atoms with Crippen molar-refractivity contribution in [3.05, 3.63) is 0 Å². The standard InChI is InChI=1S/C11H16O7/c1-5-9(16-6(2)12)10(17-7(3)13)11(15-5)18-8(4)14/h5,9-11H,1-4H3/t5-,9?,10?,11+/m1/s1. The molecule has 2 unspecified atom stereocenters. The van der Waals surface area contributed by atoms with Crippen molar-refractivity contribution in [2.45, 2.75) is 52.3 Å². The van der Waals surface area contributed by atoms with Crippen molar-refractivity contribution in [1.29, 1.82) is 0 Å². The average molecular weight is 260 g/mol. The summed E-state index contributed by atoms with van der Waals surface area (Å²) in [5, 5.41) is 0. The Morgan fingerprint density at radius 3 is 1.72 bits per heavy atom. The molecule has 0 bridgehead atoms. The zero-order valence-corrected chi connectivity index (χ0v) is 10.7. The molecule has 0 amide bonds. The van der Waals surface area contributed by atoms with Crippen molar-refractivity contribution >= 4 is 17.9 Å². The molecule has 0 N–H and O–H groups in total. The molecule has 102 valence electrons. The lowest BCUT2D eigenvalue weighted by molar-refractivity contribution is -0.194. The molecule has 1 aliphatic rings. The van der Waals surface area contributed by atoms with Crippen LogP contribution in [0.15, 0.2) is 0 Å². The minimum absolute atomic E-state index is 0.531. The van der Waals surface area contributed by atoms with E-state index in [0.717, 1.165) is 0 Å². The SMILES string of the molecule is CC(=O)OC1C(OC(C)=O)[C@@H](C)O[C@H]1OC(C)=O. The molecule has 0 aromatic carbocycles. The van der Waals surface area contributed by atoms with E-state index in [2.05, 4.69) is 0 Å². The van der Waals surface area contributed by atoms with Gasteiger partial charge in [-0.25, -0.2) is 0 Å². The van der Waals surface area contributed by atoms with Gasteiger partial charge in [0.25, 0.3) is 0 Å². The first-order valence-electron chi connectivity index (χ1n) is 5.48. The van der Waals surface area contributed by atoms with E-state index in [1.807, 2.05) is 0 Å². The van der Waals surface area contributed by atoms with Gasteiger partial charge in [-0.2, -0.15) is 0 Å². The highest BCUT2D eigenvalue weighted by molar-refractivity contribution is 5.68. The van der Waals surface area contributed by atoms with E-state index in [4.69, 9.17) is 18.9 Å². The number of ether oxygens (including phenoxy) is 4. The van der Waals surface area contributed by atoms with E-state index in [1.54, 1.807) is 6.92 Å². The fourth-order valence-corrected chi connectivity index (χ4v) is 1.72. The fourth-order valence-electron chi connectivity index (χ4n) is 1.72. The maximum absolute atomic E-state index is 11.0. The first kappa shape index (κ1) is 14.4. The number of hydrogen-bond donors (Lipinski definition) is 0. The molecule has 0 aliphatic carbocycles. The Hall–Kier alpha value is -1.63. The zero-order chi connectivity index (χ0) is 13.9. The third-order valence-electron chi connectivity index (χ3n) is 2.29. The highest BCUT2D eigenvalue weighted by atomic mass is 16.7. The molecule has 0 spiro atoms. The third-order valence-corrected chi connectivity index (χ3v) is 2.29. The van der Waals surface area contributed by atoms with Gasteiger partial charge in [-0.05, 0) is 6.92 Å². The van der Waals surface area contributed by atoms with Crippen molar-refractivity contribution in [3.8, 4) is 0 Å². The molecule has 1 heterocycles. The number of rotatable bonds is 3. The molecular formula is C11H16O7. The molecule has 7 heteroatoms. The van der Waals surface area contributed by atoms with Crippen molar-refractivity contribution in [2.24, 2.45) is 0 Å². The number of esters is 3. The van der Waals surface area contributed by atoms with Crippen molar-refractivity contribution < 1.29 is 33.3 Å².